The average molecular weight is 320 g/mol. The molecule has 0 aliphatic rings. The minimum absolute atomic E-state index is 0.328. The van der Waals surface area contributed by atoms with E-state index in [0.717, 1.165) is 16.7 Å². The molecule has 0 saturated heterocycles. The number of ether oxygens (including phenoxy) is 2. The molecule has 0 aliphatic carbocycles. The predicted molar refractivity (Wildman–Crippen MR) is 88.3 cm³/mol. The van der Waals surface area contributed by atoms with Gasteiger partial charge in [-0.1, -0.05) is 17.7 Å². The number of halogens is 1. The number of hydrogen-bond acceptors (Lipinski definition) is 3. The fourth-order valence-corrected chi connectivity index (χ4v) is 2.24. The zero-order valence-electron chi connectivity index (χ0n) is 13.0. The molecule has 2 aromatic rings. The van der Waals surface area contributed by atoms with Crippen LogP contribution in [0.1, 0.15) is 16.7 Å². The lowest BCUT2D eigenvalue weighted by Gasteiger charge is -2.12. The van der Waals surface area contributed by atoms with Crippen molar-refractivity contribution in [3.63, 3.8) is 0 Å². The summed E-state index contributed by atoms with van der Waals surface area (Å²) in [6, 6.07) is 9.00. The van der Waals surface area contributed by atoms with Crippen molar-refractivity contribution >= 4 is 23.4 Å². The van der Waals surface area contributed by atoms with E-state index in [-0.39, 0.29) is 0 Å². The van der Waals surface area contributed by atoms with Gasteiger partial charge in [0.25, 0.3) is 0 Å². The summed E-state index contributed by atoms with van der Waals surface area (Å²) in [7, 11) is 1.54. The zero-order valence-corrected chi connectivity index (χ0v) is 13.7. The van der Waals surface area contributed by atoms with Gasteiger partial charge in [-0.2, -0.15) is 0 Å². The van der Waals surface area contributed by atoms with Gasteiger partial charge in [-0.3, -0.25) is 5.32 Å². The zero-order chi connectivity index (χ0) is 16.3. The largest absolute Gasteiger partial charge is 0.495 e. The molecule has 2 aromatic carbocycles. The van der Waals surface area contributed by atoms with Crippen molar-refractivity contribution in [2.75, 3.05) is 12.4 Å². The van der Waals surface area contributed by atoms with Crippen LogP contribution in [0.3, 0.4) is 0 Å². The Balaban J connectivity index is 2.17. The Morgan fingerprint density at radius 1 is 1.05 bits per heavy atom. The Labute approximate surface area is 135 Å². The Hall–Kier alpha value is -2.20. The van der Waals surface area contributed by atoms with Gasteiger partial charge in [-0.05, 0) is 61.7 Å². The fourth-order valence-electron chi connectivity index (χ4n) is 1.99. The summed E-state index contributed by atoms with van der Waals surface area (Å²) in [6.45, 7) is 5.80. The van der Waals surface area contributed by atoms with Crippen molar-refractivity contribution in [2.45, 2.75) is 20.8 Å². The number of amides is 1. The molecule has 0 fully saturated rings. The van der Waals surface area contributed by atoms with Crippen LogP contribution in [-0.4, -0.2) is 13.2 Å². The van der Waals surface area contributed by atoms with Crippen LogP contribution in [0.25, 0.3) is 0 Å². The number of nitrogens with one attached hydrogen (secondary N) is 1. The number of rotatable bonds is 3. The first kappa shape index (κ1) is 16.2. The molecule has 0 aliphatic heterocycles. The summed E-state index contributed by atoms with van der Waals surface area (Å²) in [6.07, 6.45) is -0.617. The van der Waals surface area contributed by atoms with Crippen molar-refractivity contribution in [3.8, 4) is 11.5 Å². The summed E-state index contributed by atoms with van der Waals surface area (Å²) in [5.74, 6) is 0.891. The van der Waals surface area contributed by atoms with E-state index in [1.165, 1.54) is 0 Å². The van der Waals surface area contributed by atoms with Gasteiger partial charge in [0, 0.05) is 0 Å². The van der Waals surface area contributed by atoms with Crippen molar-refractivity contribution in [3.05, 3.63) is 52.0 Å². The van der Waals surface area contributed by atoms with E-state index in [1.54, 1.807) is 25.3 Å². The van der Waals surface area contributed by atoms with Gasteiger partial charge < -0.3 is 9.47 Å². The summed E-state index contributed by atoms with van der Waals surface area (Å²) < 4.78 is 10.5. The average Bonchev–Trinajstić information content (AvgIpc) is 2.45. The van der Waals surface area contributed by atoms with Crippen LogP contribution in [0.5, 0.6) is 11.5 Å². The summed E-state index contributed by atoms with van der Waals surface area (Å²) >= 11 is 6.10. The maximum Gasteiger partial charge on any atom is 0.417 e. The van der Waals surface area contributed by atoms with E-state index in [9.17, 15) is 4.79 Å². The molecular formula is C17H18ClNO3. The van der Waals surface area contributed by atoms with E-state index in [1.807, 2.05) is 32.9 Å². The highest BCUT2D eigenvalue weighted by Crippen LogP contribution is 2.29. The molecule has 5 heteroatoms. The molecule has 0 heterocycles. The van der Waals surface area contributed by atoms with Gasteiger partial charge >= 0.3 is 6.09 Å². The highest BCUT2D eigenvalue weighted by molar-refractivity contribution is 6.32. The number of anilines is 1. The smallest absolute Gasteiger partial charge is 0.417 e. The molecule has 0 atom stereocenters. The van der Waals surface area contributed by atoms with Crippen LogP contribution in [0.15, 0.2) is 30.3 Å². The number of carbonyl (C=O) groups is 1. The van der Waals surface area contributed by atoms with Gasteiger partial charge in [0.05, 0.1) is 17.8 Å². The lowest BCUT2D eigenvalue weighted by atomic mass is 10.1. The monoisotopic (exact) mass is 319 g/mol. The van der Waals surface area contributed by atoms with Gasteiger partial charge in [0.2, 0.25) is 0 Å². The molecule has 22 heavy (non-hydrogen) atoms. The molecule has 0 spiro atoms. The quantitative estimate of drug-likeness (QED) is 0.876. The van der Waals surface area contributed by atoms with E-state index in [0.29, 0.717) is 22.2 Å². The minimum atomic E-state index is -0.617. The molecule has 4 nitrogen and oxygen atoms in total. The third-order valence-electron chi connectivity index (χ3n) is 3.34. The Kier molecular flexibility index (Phi) is 4.93. The fraction of sp³-hybridized carbons (Fsp3) is 0.235. The molecule has 0 radical (unpaired) electrons. The summed E-state index contributed by atoms with van der Waals surface area (Å²) in [5.41, 5.74) is 3.59. The minimum Gasteiger partial charge on any atom is -0.495 e. The van der Waals surface area contributed by atoms with Crippen molar-refractivity contribution in [2.24, 2.45) is 0 Å². The van der Waals surface area contributed by atoms with Gasteiger partial charge in [0.15, 0.2) is 5.75 Å². The van der Waals surface area contributed by atoms with E-state index in [2.05, 4.69) is 5.32 Å². The Morgan fingerprint density at radius 2 is 1.73 bits per heavy atom. The Bertz CT molecular complexity index is 713. The maximum atomic E-state index is 12.1. The van der Waals surface area contributed by atoms with Crippen molar-refractivity contribution in [1.82, 2.24) is 0 Å². The molecule has 0 aromatic heterocycles. The summed E-state index contributed by atoms with van der Waals surface area (Å²) in [5, 5.41) is 3.06. The van der Waals surface area contributed by atoms with E-state index < -0.39 is 6.09 Å². The first-order valence-electron chi connectivity index (χ1n) is 6.81. The van der Waals surface area contributed by atoms with Crippen molar-refractivity contribution in [1.29, 1.82) is 0 Å². The number of benzene rings is 2. The first-order chi connectivity index (χ1) is 10.4. The topological polar surface area (TPSA) is 47.6 Å². The lowest BCUT2D eigenvalue weighted by molar-refractivity contribution is 0.215. The molecule has 116 valence electrons. The highest BCUT2D eigenvalue weighted by atomic mass is 35.5. The lowest BCUT2D eigenvalue weighted by Crippen LogP contribution is -2.17. The number of methoxy groups -OCH3 is 1. The second kappa shape index (κ2) is 6.71. The Morgan fingerprint density at radius 3 is 2.41 bits per heavy atom. The summed E-state index contributed by atoms with van der Waals surface area (Å²) in [4.78, 5) is 12.1. The third kappa shape index (κ3) is 3.71. The first-order valence-corrected chi connectivity index (χ1v) is 7.18. The molecule has 0 bridgehead atoms. The van der Waals surface area contributed by atoms with Crippen molar-refractivity contribution < 1.29 is 14.3 Å². The molecule has 1 N–H and O–H groups in total. The van der Waals surface area contributed by atoms with Crippen LogP contribution < -0.4 is 14.8 Å². The predicted octanol–water partition coefficient (Wildman–Crippen LogP) is 4.88. The normalized spacial score (nSPS) is 10.2. The second-order valence-corrected chi connectivity index (χ2v) is 5.49. The number of carbonyl (C=O) groups excluding carboxylic acids is 1. The van der Waals surface area contributed by atoms with E-state index in [4.69, 9.17) is 21.1 Å². The number of aryl methyl sites for hydroxylation is 3. The van der Waals surface area contributed by atoms with E-state index >= 15 is 0 Å². The second-order valence-electron chi connectivity index (χ2n) is 5.09. The molecule has 1 amide bonds. The van der Waals surface area contributed by atoms with Crippen LogP contribution >= 0.6 is 11.6 Å². The highest BCUT2D eigenvalue weighted by Gasteiger charge is 2.12. The van der Waals surface area contributed by atoms with Crippen LogP contribution in [-0.2, 0) is 0 Å². The van der Waals surface area contributed by atoms with Gasteiger partial charge in [0.1, 0.15) is 5.75 Å². The SMILES string of the molecule is COc1ccc(C)cc1NC(=O)Oc1cc(C)c(C)cc1Cl. The third-order valence-corrected chi connectivity index (χ3v) is 3.64. The van der Waals surface area contributed by atoms with Crippen LogP contribution in [0, 0.1) is 20.8 Å². The molecular weight excluding hydrogens is 302 g/mol. The van der Waals surface area contributed by atoms with Crippen LogP contribution in [0.2, 0.25) is 5.02 Å². The molecule has 2 rings (SSSR count). The standard InChI is InChI=1S/C17H18ClNO3/c1-10-5-6-15(21-4)14(7-10)19-17(20)22-16-9-12(3)11(2)8-13(16)18/h5-9H,1-4H3,(H,19,20). The molecule has 0 unspecified atom stereocenters. The van der Waals surface area contributed by atoms with Crippen LogP contribution in [0.4, 0.5) is 10.5 Å². The van der Waals surface area contributed by atoms with Gasteiger partial charge in [-0.25, -0.2) is 4.79 Å². The number of hydrogen-bond donors (Lipinski definition) is 1. The molecule has 0 saturated carbocycles. The maximum absolute atomic E-state index is 12.1. The van der Waals surface area contributed by atoms with Gasteiger partial charge in [-0.15, -0.1) is 0 Å².